The Bertz CT molecular complexity index is 219. The number of hydrogen-bond donors (Lipinski definition) is 2. The van der Waals surface area contributed by atoms with Gasteiger partial charge in [-0.15, -0.1) is 0 Å². The summed E-state index contributed by atoms with van der Waals surface area (Å²) < 4.78 is 0. The second kappa shape index (κ2) is 8.97. The van der Waals surface area contributed by atoms with Crippen LogP contribution in [-0.2, 0) is 0 Å². The van der Waals surface area contributed by atoms with E-state index in [1.54, 1.807) is 0 Å². The third kappa shape index (κ3) is 4.46. The highest BCUT2D eigenvalue weighted by atomic mass is 15.0. The highest BCUT2D eigenvalue weighted by Gasteiger charge is 2.46. The molecule has 2 nitrogen and oxygen atoms in total. The Labute approximate surface area is 121 Å². The molecule has 0 aliphatic carbocycles. The Morgan fingerprint density at radius 3 is 1.74 bits per heavy atom. The lowest BCUT2D eigenvalue weighted by molar-refractivity contribution is 0.0225. The molecule has 0 saturated heterocycles. The lowest BCUT2D eigenvalue weighted by atomic mass is 9.60. The average molecular weight is 271 g/mol. The molecule has 0 aromatic carbocycles. The molecule has 0 aliphatic heterocycles. The fourth-order valence-electron chi connectivity index (χ4n) is 3.91. The van der Waals surface area contributed by atoms with Crippen molar-refractivity contribution in [2.24, 2.45) is 22.8 Å². The summed E-state index contributed by atoms with van der Waals surface area (Å²) >= 11 is 0. The molecule has 2 heteroatoms. The molecule has 0 spiro atoms. The predicted molar refractivity (Wildman–Crippen MR) is 87.0 cm³/mol. The van der Waals surface area contributed by atoms with E-state index in [9.17, 15) is 0 Å². The van der Waals surface area contributed by atoms with Crippen molar-refractivity contribution >= 4 is 0 Å². The largest absolute Gasteiger partial charge is 0.313 e. The van der Waals surface area contributed by atoms with Gasteiger partial charge >= 0.3 is 0 Å². The van der Waals surface area contributed by atoms with Gasteiger partial charge in [0.1, 0.15) is 0 Å². The van der Waals surface area contributed by atoms with Crippen LogP contribution in [0.2, 0.25) is 0 Å². The average Bonchev–Trinajstić information content (AvgIpc) is 2.42. The Morgan fingerprint density at radius 2 is 1.37 bits per heavy atom. The van der Waals surface area contributed by atoms with E-state index in [2.05, 4.69) is 34.6 Å². The van der Waals surface area contributed by atoms with Crippen molar-refractivity contribution in [2.75, 3.05) is 0 Å². The van der Waals surface area contributed by atoms with E-state index in [1.165, 1.54) is 38.5 Å². The maximum atomic E-state index is 6.50. The molecule has 0 saturated carbocycles. The first-order valence-electron chi connectivity index (χ1n) is 8.53. The quantitative estimate of drug-likeness (QED) is 0.418. The van der Waals surface area contributed by atoms with E-state index in [0.29, 0.717) is 5.92 Å². The maximum absolute atomic E-state index is 6.50. The van der Waals surface area contributed by atoms with Gasteiger partial charge < -0.3 is 11.5 Å². The van der Waals surface area contributed by atoms with Gasteiger partial charge in [0, 0.05) is 5.41 Å². The van der Waals surface area contributed by atoms with Crippen LogP contribution in [0.3, 0.4) is 0 Å². The molecule has 0 rings (SSSR count). The van der Waals surface area contributed by atoms with Gasteiger partial charge in [0.15, 0.2) is 0 Å². The molecule has 0 amide bonds. The van der Waals surface area contributed by atoms with Crippen LogP contribution in [0, 0.1) is 11.3 Å². The highest BCUT2D eigenvalue weighted by molar-refractivity contribution is 5.00. The lowest BCUT2D eigenvalue weighted by Crippen LogP contribution is -2.64. The maximum Gasteiger partial charge on any atom is 0.0694 e. The Hall–Kier alpha value is -0.0800. The fraction of sp³-hybridized carbons (Fsp3) is 1.00. The molecule has 0 fully saturated rings. The van der Waals surface area contributed by atoms with Crippen molar-refractivity contribution in [1.29, 1.82) is 0 Å². The summed E-state index contributed by atoms with van der Waals surface area (Å²) in [5, 5.41) is 0. The van der Waals surface area contributed by atoms with E-state index < -0.39 is 5.66 Å². The first-order valence-corrected chi connectivity index (χ1v) is 8.53. The number of nitrogens with two attached hydrogens (primary N) is 2. The van der Waals surface area contributed by atoms with E-state index in [4.69, 9.17) is 11.5 Å². The minimum Gasteiger partial charge on any atom is -0.313 e. The molecule has 19 heavy (non-hydrogen) atoms. The molecule has 1 atom stereocenters. The van der Waals surface area contributed by atoms with E-state index in [-0.39, 0.29) is 5.41 Å². The molecule has 0 heterocycles. The van der Waals surface area contributed by atoms with E-state index in [0.717, 1.165) is 19.3 Å². The van der Waals surface area contributed by atoms with Crippen molar-refractivity contribution < 1.29 is 0 Å². The van der Waals surface area contributed by atoms with Crippen LogP contribution in [0.25, 0.3) is 0 Å². The summed E-state index contributed by atoms with van der Waals surface area (Å²) in [4.78, 5) is 0. The molecule has 4 N–H and O–H groups in total. The molecule has 1 unspecified atom stereocenters. The summed E-state index contributed by atoms with van der Waals surface area (Å²) in [6.45, 7) is 11.2. The smallest absolute Gasteiger partial charge is 0.0694 e. The SMILES string of the molecule is CCCCCCC(CC)C(CC)(CC)C(N)(N)CC. The standard InChI is InChI=1S/C17H38N2/c1-6-11-12-13-14-15(7-2)16(8-3,9-4)17(18,19)10-5/h15H,6-14,18-19H2,1-5H3. The van der Waals surface area contributed by atoms with Crippen LogP contribution >= 0.6 is 0 Å². The van der Waals surface area contributed by atoms with Crippen molar-refractivity contribution in [3.63, 3.8) is 0 Å². The number of unbranched alkanes of at least 4 members (excludes halogenated alkanes) is 3. The third-order valence-corrected chi connectivity index (χ3v) is 5.45. The van der Waals surface area contributed by atoms with Gasteiger partial charge in [-0.2, -0.15) is 0 Å². The van der Waals surface area contributed by atoms with E-state index >= 15 is 0 Å². The molecule has 0 aromatic heterocycles. The van der Waals surface area contributed by atoms with Crippen LogP contribution in [-0.4, -0.2) is 5.66 Å². The van der Waals surface area contributed by atoms with Gasteiger partial charge in [0.2, 0.25) is 0 Å². The van der Waals surface area contributed by atoms with Crippen LogP contribution < -0.4 is 11.5 Å². The second-order valence-corrected chi connectivity index (χ2v) is 6.21. The Morgan fingerprint density at radius 1 is 0.789 bits per heavy atom. The predicted octanol–water partition coefficient (Wildman–Crippen LogP) is 4.81. The second-order valence-electron chi connectivity index (χ2n) is 6.21. The van der Waals surface area contributed by atoms with Crippen molar-refractivity contribution in [3.8, 4) is 0 Å². The minimum absolute atomic E-state index is 0.0999. The van der Waals surface area contributed by atoms with Gasteiger partial charge in [-0.3, -0.25) is 0 Å². The van der Waals surface area contributed by atoms with Crippen molar-refractivity contribution in [3.05, 3.63) is 0 Å². The zero-order chi connectivity index (χ0) is 14.9. The molecule has 0 bridgehead atoms. The normalized spacial score (nSPS) is 14.7. The van der Waals surface area contributed by atoms with Gasteiger partial charge in [0.05, 0.1) is 5.66 Å². The number of rotatable bonds is 11. The zero-order valence-corrected chi connectivity index (χ0v) is 14.1. The Balaban J connectivity index is 4.89. The van der Waals surface area contributed by atoms with E-state index in [1.807, 2.05) is 0 Å². The Kier molecular flexibility index (Phi) is 8.93. The molecule has 0 aliphatic rings. The van der Waals surface area contributed by atoms with Crippen LogP contribution in [0.5, 0.6) is 0 Å². The van der Waals surface area contributed by atoms with Crippen LogP contribution in [0.4, 0.5) is 0 Å². The lowest BCUT2D eigenvalue weighted by Gasteiger charge is -2.50. The third-order valence-electron chi connectivity index (χ3n) is 5.45. The van der Waals surface area contributed by atoms with Crippen molar-refractivity contribution in [2.45, 2.75) is 98.1 Å². The van der Waals surface area contributed by atoms with Crippen molar-refractivity contribution in [1.82, 2.24) is 0 Å². The monoisotopic (exact) mass is 270 g/mol. The first kappa shape index (κ1) is 18.9. The van der Waals surface area contributed by atoms with Crippen LogP contribution in [0.1, 0.15) is 92.4 Å². The number of hydrogen-bond acceptors (Lipinski definition) is 2. The fourth-order valence-corrected chi connectivity index (χ4v) is 3.91. The first-order chi connectivity index (χ1) is 8.95. The van der Waals surface area contributed by atoms with Gasteiger partial charge in [-0.25, -0.2) is 0 Å². The summed E-state index contributed by atoms with van der Waals surface area (Å²) in [6, 6.07) is 0. The molecular formula is C17H38N2. The molecule has 116 valence electrons. The highest BCUT2D eigenvalue weighted by Crippen LogP contribution is 2.46. The summed E-state index contributed by atoms with van der Waals surface area (Å²) in [6.07, 6.45) is 10.9. The summed E-state index contributed by atoms with van der Waals surface area (Å²) in [5.74, 6) is 0.661. The van der Waals surface area contributed by atoms with Gasteiger partial charge in [-0.05, 0) is 31.6 Å². The topological polar surface area (TPSA) is 52.0 Å². The molecule has 0 radical (unpaired) electrons. The molecule has 0 aromatic rings. The van der Waals surface area contributed by atoms with Gasteiger partial charge in [0.25, 0.3) is 0 Å². The molecular weight excluding hydrogens is 232 g/mol. The zero-order valence-electron chi connectivity index (χ0n) is 14.1. The van der Waals surface area contributed by atoms with Crippen LogP contribution in [0.15, 0.2) is 0 Å². The summed E-state index contributed by atoms with van der Waals surface area (Å²) in [5.41, 5.74) is 12.6. The summed E-state index contributed by atoms with van der Waals surface area (Å²) in [7, 11) is 0. The minimum atomic E-state index is -0.526. The van der Waals surface area contributed by atoms with Gasteiger partial charge in [-0.1, -0.05) is 66.7 Å².